The van der Waals surface area contributed by atoms with Crippen LogP contribution in [0.2, 0.25) is 0 Å². The predicted octanol–water partition coefficient (Wildman–Crippen LogP) is 4.07. The van der Waals surface area contributed by atoms with E-state index in [1.807, 2.05) is 12.1 Å². The SMILES string of the molecule is NCCc1ccc(OCCCCCCCCCCCO)cc1. The summed E-state index contributed by atoms with van der Waals surface area (Å²) in [6.07, 6.45) is 12.0. The molecule has 1 aromatic carbocycles. The van der Waals surface area contributed by atoms with Crippen LogP contribution in [0.4, 0.5) is 0 Å². The van der Waals surface area contributed by atoms with Crippen LogP contribution in [0.3, 0.4) is 0 Å². The summed E-state index contributed by atoms with van der Waals surface area (Å²) in [5.74, 6) is 0.963. The van der Waals surface area contributed by atoms with Gasteiger partial charge in [0.05, 0.1) is 6.61 Å². The number of hydrogen-bond donors (Lipinski definition) is 2. The summed E-state index contributed by atoms with van der Waals surface area (Å²) in [6.45, 7) is 1.85. The van der Waals surface area contributed by atoms with Gasteiger partial charge < -0.3 is 15.6 Å². The van der Waals surface area contributed by atoms with E-state index < -0.39 is 0 Å². The molecule has 0 amide bonds. The fraction of sp³-hybridized carbons (Fsp3) is 0.684. The molecule has 3 nitrogen and oxygen atoms in total. The van der Waals surface area contributed by atoms with Gasteiger partial charge in [0, 0.05) is 6.61 Å². The smallest absolute Gasteiger partial charge is 0.119 e. The molecule has 0 saturated carbocycles. The van der Waals surface area contributed by atoms with Crippen molar-refractivity contribution in [3.8, 4) is 5.75 Å². The summed E-state index contributed by atoms with van der Waals surface area (Å²) in [6, 6.07) is 8.27. The van der Waals surface area contributed by atoms with Crippen molar-refractivity contribution >= 4 is 0 Å². The number of aliphatic hydroxyl groups excluding tert-OH is 1. The van der Waals surface area contributed by atoms with Crippen molar-refractivity contribution in [2.45, 2.75) is 64.2 Å². The zero-order chi connectivity index (χ0) is 15.9. The minimum atomic E-state index is 0.343. The lowest BCUT2D eigenvalue weighted by Crippen LogP contribution is -2.02. The average molecular weight is 307 g/mol. The number of unbranched alkanes of at least 4 members (excludes halogenated alkanes) is 8. The molecule has 0 aliphatic heterocycles. The average Bonchev–Trinajstić information content (AvgIpc) is 2.54. The van der Waals surface area contributed by atoms with E-state index in [1.54, 1.807) is 0 Å². The van der Waals surface area contributed by atoms with Gasteiger partial charge in [-0.3, -0.25) is 0 Å². The van der Waals surface area contributed by atoms with E-state index in [4.69, 9.17) is 15.6 Å². The first-order chi connectivity index (χ1) is 10.9. The molecule has 0 atom stereocenters. The Morgan fingerprint density at radius 3 is 1.86 bits per heavy atom. The van der Waals surface area contributed by atoms with Crippen molar-refractivity contribution in [2.75, 3.05) is 19.8 Å². The van der Waals surface area contributed by atoms with Crippen molar-refractivity contribution < 1.29 is 9.84 Å². The Balaban J connectivity index is 1.90. The van der Waals surface area contributed by atoms with Gasteiger partial charge in [-0.25, -0.2) is 0 Å². The predicted molar refractivity (Wildman–Crippen MR) is 93.3 cm³/mol. The molecule has 0 bridgehead atoms. The highest BCUT2D eigenvalue weighted by Crippen LogP contribution is 2.14. The summed E-state index contributed by atoms with van der Waals surface area (Å²) in [4.78, 5) is 0. The molecular formula is C19H33NO2. The molecule has 0 fully saturated rings. The standard InChI is InChI=1S/C19H33NO2/c20-15-14-18-10-12-19(13-11-18)22-17-9-7-5-3-1-2-4-6-8-16-21/h10-13,21H,1-9,14-17,20H2. The van der Waals surface area contributed by atoms with Gasteiger partial charge in [0.1, 0.15) is 5.75 Å². The van der Waals surface area contributed by atoms with E-state index >= 15 is 0 Å². The summed E-state index contributed by atoms with van der Waals surface area (Å²) in [5, 5.41) is 8.69. The molecule has 126 valence electrons. The molecular weight excluding hydrogens is 274 g/mol. The number of benzene rings is 1. The molecule has 3 heteroatoms. The van der Waals surface area contributed by atoms with Gasteiger partial charge in [0.25, 0.3) is 0 Å². The van der Waals surface area contributed by atoms with Gasteiger partial charge >= 0.3 is 0 Å². The Hall–Kier alpha value is -1.06. The Labute approximate surface area is 135 Å². The van der Waals surface area contributed by atoms with E-state index in [0.29, 0.717) is 13.2 Å². The van der Waals surface area contributed by atoms with Crippen molar-refractivity contribution in [2.24, 2.45) is 5.73 Å². The fourth-order valence-electron chi connectivity index (χ4n) is 2.56. The van der Waals surface area contributed by atoms with Gasteiger partial charge in [-0.15, -0.1) is 0 Å². The Morgan fingerprint density at radius 1 is 0.773 bits per heavy atom. The maximum atomic E-state index is 8.69. The van der Waals surface area contributed by atoms with Crippen molar-refractivity contribution in [3.05, 3.63) is 29.8 Å². The molecule has 3 N–H and O–H groups in total. The van der Waals surface area contributed by atoms with Crippen LogP contribution in [0.5, 0.6) is 5.75 Å². The highest BCUT2D eigenvalue weighted by molar-refractivity contribution is 5.27. The second-order valence-electron chi connectivity index (χ2n) is 5.94. The molecule has 0 aliphatic carbocycles. The highest BCUT2D eigenvalue weighted by Gasteiger charge is 1.96. The van der Waals surface area contributed by atoms with Gasteiger partial charge in [-0.05, 0) is 43.5 Å². The van der Waals surface area contributed by atoms with Gasteiger partial charge in [-0.1, -0.05) is 57.1 Å². The molecule has 22 heavy (non-hydrogen) atoms. The van der Waals surface area contributed by atoms with Crippen LogP contribution in [0.25, 0.3) is 0 Å². The summed E-state index contributed by atoms with van der Waals surface area (Å²) in [5.41, 5.74) is 6.81. The minimum Gasteiger partial charge on any atom is -0.494 e. The lowest BCUT2D eigenvalue weighted by atomic mass is 10.1. The van der Waals surface area contributed by atoms with Crippen LogP contribution in [-0.2, 0) is 6.42 Å². The van der Waals surface area contributed by atoms with E-state index in [-0.39, 0.29) is 0 Å². The maximum absolute atomic E-state index is 8.69. The monoisotopic (exact) mass is 307 g/mol. The van der Waals surface area contributed by atoms with Crippen LogP contribution in [0.15, 0.2) is 24.3 Å². The molecule has 0 heterocycles. The van der Waals surface area contributed by atoms with Gasteiger partial charge in [-0.2, -0.15) is 0 Å². The molecule has 0 saturated heterocycles. The summed E-state index contributed by atoms with van der Waals surface area (Å²) >= 11 is 0. The Bertz CT molecular complexity index is 351. The summed E-state index contributed by atoms with van der Waals surface area (Å²) < 4.78 is 5.76. The second-order valence-corrected chi connectivity index (χ2v) is 5.94. The van der Waals surface area contributed by atoms with Crippen molar-refractivity contribution in [1.29, 1.82) is 0 Å². The summed E-state index contributed by atoms with van der Waals surface area (Å²) in [7, 11) is 0. The first-order valence-electron chi connectivity index (χ1n) is 8.89. The van der Waals surface area contributed by atoms with E-state index in [0.717, 1.165) is 31.6 Å². The molecule has 1 aromatic rings. The Kier molecular flexibility index (Phi) is 11.7. The van der Waals surface area contributed by atoms with E-state index in [9.17, 15) is 0 Å². The van der Waals surface area contributed by atoms with Crippen LogP contribution in [0, 0.1) is 0 Å². The van der Waals surface area contributed by atoms with Crippen LogP contribution < -0.4 is 10.5 Å². The van der Waals surface area contributed by atoms with Gasteiger partial charge in [0.15, 0.2) is 0 Å². The maximum Gasteiger partial charge on any atom is 0.119 e. The minimum absolute atomic E-state index is 0.343. The van der Waals surface area contributed by atoms with Crippen LogP contribution in [0.1, 0.15) is 63.4 Å². The van der Waals surface area contributed by atoms with Gasteiger partial charge in [0.2, 0.25) is 0 Å². The largest absolute Gasteiger partial charge is 0.494 e. The molecule has 0 aliphatic rings. The third-order valence-corrected chi connectivity index (χ3v) is 3.93. The molecule has 0 spiro atoms. The van der Waals surface area contributed by atoms with E-state index in [1.165, 1.54) is 50.5 Å². The molecule has 0 aromatic heterocycles. The number of hydrogen-bond acceptors (Lipinski definition) is 3. The topological polar surface area (TPSA) is 55.5 Å². The molecule has 0 radical (unpaired) electrons. The second kappa shape index (κ2) is 13.6. The first-order valence-corrected chi connectivity index (χ1v) is 8.89. The lowest BCUT2D eigenvalue weighted by Gasteiger charge is -2.07. The third kappa shape index (κ3) is 9.80. The normalized spacial score (nSPS) is 10.8. The highest BCUT2D eigenvalue weighted by atomic mass is 16.5. The zero-order valence-corrected chi connectivity index (χ0v) is 13.9. The Morgan fingerprint density at radius 2 is 1.32 bits per heavy atom. The quantitative estimate of drug-likeness (QED) is 0.509. The number of ether oxygens (including phenoxy) is 1. The molecule has 0 unspecified atom stereocenters. The number of rotatable bonds is 14. The number of aliphatic hydroxyl groups is 1. The number of nitrogens with two attached hydrogens (primary N) is 1. The van der Waals surface area contributed by atoms with Crippen molar-refractivity contribution in [3.63, 3.8) is 0 Å². The third-order valence-electron chi connectivity index (χ3n) is 3.93. The zero-order valence-electron chi connectivity index (χ0n) is 13.9. The van der Waals surface area contributed by atoms with E-state index in [2.05, 4.69) is 12.1 Å². The van der Waals surface area contributed by atoms with Crippen LogP contribution >= 0.6 is 0 Å². The fourth-order valence-corrected chi connectivity index (χ4v) is 2.56. The lowest BCUT2D eigenvalue weighted by molar-refractivity contribution is 0.282. The van der Waals surface area contributed by atoms with Crippen molar-refractivity contribution in [1.82, 2.24) is 0 Å². The first kappa shape index (κ1) is 19.0. The van der Waals surface area contributed by atoms with Crippen LogP contribution in [-0.4, -0.2) is 24.9 Å². The molecule has 1 rings (SSSR count).